The third-order valence-electron chi connectivity index (χ3n) is 2.78. The molecule has 1 atom stereocenters. The van der Waals surface area contributed by atoms with Gasteiger partial charge in [-0.3, -0.25) is 10.1 Å². The van der Waals surface area contributed by atoms with Gasteiger partial charge in [0.1, 0.15) is 6.04 Å². The number of rotatable bonds is 6. The van der Waals surface area contributed by atoms with E-state index in [1.54, 1.807) is 0 Å². The molecule has 3 nitrogen and oxygen atoms in total. The Hall–Kier alpha value is -2.09. The molecule has 0 saturated carbocycles. The lowest BCUT2D eigenvalue weighted by molar-refractivity contribution is -0.139. The first kappa shape index (κ1) is 12.4. The Bertz CT molecular complexity index is 511. The van der Waals surface area contributed by atoms with Gasteiger partial charge < -0.3 is 5.11 Å². The molecule has 0 aliphatic heterocycles. The molecule has 0 spiro atoms. The molecule has 0 amide bonds. The normalized spacial score (nSPS) is 14.6. The number of nitrogens with one attached hydrogen (secondary N) is 1. The molecule has 1 aromatic carbocycles. The first-order valence-electron chi connectivity index (χ1n) is 5.88. The highest BCUT2D eigenvalue weighted by molar-refractivity contribution is 5.74. The summed E-state index contributed by atoms with van der Waals surface area (Å²) < 4.78 is 0. The molecule has 0 saturated heterocycles. The van der Waals surface area contributed by atoms with Gasteiger partial charge in [0.25, 0.3) is 0 Å². The summed E-state index contributed by atoms with van der Waals surface area (Å²) >= 11 is 0. The number of carbonyl (C=O) groups is 1. The Morgan fingerprint density at radius 3 is 2.72 bits per heavy atom. The van der Waals surface area contributed by atoms with E-state index in [-0.39, 0.29) is 0 Å². The van der Waals surface area contributed by atoms with Crippen molar-refractivity contribution in [1.29, 1.82) is 0 Å². The number of carboxylic acids is 1. The van der Waals surface area contributed by atoms with Gasteiger partial charge in [0.2, 0.25) is 0 Å². The summed E-state index contributed by atoms with van der Waals surface area (Å²) in [5.74, 6) is -0.828. The Morgan fingerprint density at radius 2 is 2.11 bits per heavy atom. The molecule has 0 radical (unpaired) electrons. The van der Waals surface area contributed by atoms with Crippen LogP contribution in [0.3, 0.4) is 0 Å². The van der Waals surface area contributed by atoms with E-state index in [0.29, 0.717) is 13.0 Å². The average Bonchev–Trinajstić information content (AvgIpc) is 2.88. The minimum Gasteiger partial charge on any atom is -0.480 e. The molecule has 1 aliphatic rings. The highest BCUT2D eigenvalue weighted by atomic mass is 16.4. The van der Waals surface area contributed by atoms with Crippen LogP contribution >= 0.6 is 0 Å². The maximum atomic E-state index is 11.2. The number of carboxylic acid groups (broad SMARTS) is 1. The van der Waals surface area contributed by atoms with Crippen molar-refractivity contribution in [2.75, 3.05) is 6.54 Å². The van der Waals surface area contributed by atoms with Crippen molar-refractivity contribution in [1.82, 2.24) is 5.32 Å². The Labute approximate surface area is 106 Å². The molecule has 0 bridgehead atoms. The average molecular weight is 241 g/mol. The summed E-state index contributed by atoms with van der Waals surface area (Å²) in [6.07, 6.45) is 6.12. The summed E-state index contributed by atoms with van der Waals surface area (Å²) in [5.41, 5.74) is 5.04. The fraction of sp³-hybridized carbons (Fsp3) is 0.200. The van der Waals surface area contributed by atoms with Crippen LogP contribution in [0.1, 0.15) is 5.56 Å². The Balaban J connectivity index is 1.94. The quantitative estimate of drug-likeness (QED) is 0.748. The molecule has 3 heteroatoms. The van der Waals surface area contributed by atoms with Crippen LogP contribution in [0, 0.1) is 0 Å². The third kappa shape index (κ3) is 3.45. The predicted molar refractivity (Wildman–Crippen MR) is 70.3 cm³/mol. The van der Waals surface area contributed by atoms with E-state index < -0.39 is 12.0 Å². The zero-order valence-electron chi connectivity index (χ0n) is 9.97. The van der Waals surface area contributed by atoms with Crippen molar-refractivity contribution in [2.24, 2.45) is 0 Å². The second-order valence-electron chi connectivity index (χ2n) is 4.16. The van der Waals surface area contributed by atoms with Gasteiger partial charge in [0.15, 0.2) is 0 Å². The van der Waals surface area contributed by atoms with E-state index in [1.165, 1.54) is 0 Å². The van der Waals surface area contributed by atoms with E-state index >= 15 is 0 Å². The fourth-order valence-electron chi connectivity index (χ4n) is 1.81. The molecule has 18 heavy (non-hydrogen) atoms. The van der Waals surface area contributed by atoms with Crippen LogP contribution in [-0.2, 0) is 11.2 Å². The van der Waals surface area contributed by atoms with Crippen molar-refractivity contribution < 1.29 is 9.90 Å². The zero-order valence-corrected chi connectivity index (χ0v) is 9.97. The molecular weight excluding hydrogens is 226 g/mol. The number of benzene rings is 1. The number of aliphatic carboxylic acids is 1. The molecule has 0 fully saturated rings. The highest BCUT2D eigenvalue weighted by Crippen LogP contribution is 2.05. The standard InChI is InChI=1S/C15H15NO2/c17-15(18)14(10-12-6-2-1-3-7-12)16-11-13-8-4-5-9-13/h1-8,14,16H,10-11H2,(H,17,18)/t14-/m1/s1. The van der Waals surface area contributed by atoms with Gasteiger partial charge in [-0.2, -0.15) is 0 Å². The van der Waals surface area contributed by atoms with Crippen LogP contribution in [-0.4, -0.2) is 23.7 Å². The van der Waals surface area contributed by atoms with Crippen molar-refractivity contribution in [3.63, 3.8) is 0 Å². The molecule has 1 aliphatic carbocycles. The fourth-order valence-corrected chi connectivity index (χ4v) is 1.81. The van der Waals surface area contributed by atoms with E-state index in [2.05, 4.69) is 11.0 Å². The summed E-state index contributed by atoms with van der Waals surface area (Å²) in [7, 11) is 0. The maximum absolute atomic E-state index is 11.2. The lowest BCUT2D eigenvalue weighted by Gasteiger charge is -2.14. The number of hydrogen-bond donors (Lipinski definition) is 2. The van der Waals surface area contributed by atoms with Gasteiger partial charge in [0, 0.05) is 12.1 Å². The van der Waals surface area contributed by atoms with E-state index in [0.717, 1.165) is 11.1 Å². The minimum atomic E-state index is -0.828. The SMILES string of the molecule is O=C(O)[C@@H](Cc1ccccc1)NCC1=C=CC=C1. The summed E-state index contributed by atoms with van der Waals surface area (Å²) in [5, 5.41) is 12.2. The first-order chi connectivity index (χ1) is 8.75. The first-order valence-corrected chi connectivity index (χ1v) is 5.88. The molecule has 0 heterocycles. The minimum absolute atomic E-state index is 0.483. The van der Waals surface area contributed by atoms with E-state index in [9.17, 15) is 9.90 Å². The zero-order chi connectivity index (χ0) is 12.8. The Kier molecular flexibility index (Phi) is 4.13. The molecule has 2 N–H and O–H groups in total. The largest absolute Gasteiger partial charge is 0.480 e. The van der Waals surface area contributed by atoms with Crippen molar-refractivity contribution in [2.45, 2.75) is 12.5 Å². The third-order valence-corrected chi connectivity index (χ3v) is 2.78. The summed E-state index contributed by atoms with van der Waals surface area (Å²) in [4.78, 5) is 11.2. The van der Waals surface area contributed by atoms with Gasteiger partial charge in [-0.1, -0.05) is 36.4 Å². The van der Waals surface area contributed by atoms with Crippen LogP contribution in [0.15, 0.2) is 59.9 Å². The van der Waals surface area contributed by atoms with Crippen LogP contribution in [0.2, 0.25) is 0 Å². The molecule has 1 aromatic rings. The van der Waals surface area contributed by atoms with Crippen molar-refractivity contribution in [3.05, 3.63) is 65.4 Å². The van der Waals surface area contributed by atoms with E-state index in [4.69, 9.17) is 0 Å². The summed E-state index contributed by atoms with van der Waals surface area (Å²) in [6, 6.07) is 9.05. The maximum Gasteiger partial charge on any atom is 0.321 e. The smallest absolute Gasteiger partial charge is 0.321 e. The van der Waals surface area contributed by atoms with Crippen LogP contribution in [0.4, 0.5) is 0 Å². The second-order valence-corrected chi connectivity index (χ2v) is 4.16. The molecule has 92 valence electrons. The lowest BCUT2D eigenvalue weighted by atomic mass is 10.1. The van der Waals surface area contributed by atoms with Gasteiger partial charge in [-0.25, -0.2) is 0 Å². The van der Waals surface area contributed by atoms with Gasteiger partial charge in [-0.05, 0) is 24.1 Å². The van der Waals surface area contributed by atoms with Crippen LogP contribution in [0.5, 0.6) is 0 Å². The van der Waals surface area contributed by atoms with Gasteiger partial charge in [0.05, 0.1) is 0 Å². The van der Waals surface area contributed by atoms with Crippen LogP contribution in [0.25, 0.3) is 0 Å². The molecule has 2 rings (SSSR count). The van der Waals surface area contributed by atoms with Gasteiger partial charge >= 0.3 is 5.97 Å². The molecule has 0 aromatic heterocycles. The number of hydrogen-bond acceptors (Lipinski definition) is 2. The predicted octanol–water partition coefficient (Wildman–Crippen LogP) is 1.92. The second kappa shape index (κ2) is 6.01. The molecule has 0 unspecified atom stereocenters. The van der Waals surface area contributed by atoms with E-state index in [1.807, 2.05) is 48.6 Å². The van der Waals surface area contributed by atoms with Crippen molar-refractivity contribution in [3.8, 4) is 0 Å². The lowest BCUT2D eigenvalue weighted by Crippen LogP contribution is -2.39. The van der Waals surface area contributed by atoms with Crippen LogP contribution < -0.4 is 5.32 Å². The molecular formula is C15H15NO2. The number of allylic oxidation sites excluding steroid dienone is 1. The summed E-state index contributed by atoms with van der Waals surface area (Å²) in [6.45, 7) is 0.525. The van der Waals surface area contributed by atoms with Gasteiger partial charge in [-0.15, -0.1) is 5.73 Å². The topological polar surface area (TPSA) is 49.3 Å². The van der Waals surface area contributed by atoms with Crippen molar-refractivity contribution >= 4 is 5.97 Å². The Morgan fingerprint density at radius 1 is 1.33 bits per heavy atom. The highest BCUT2D eigenvalue weighted by Gasteiger charge is 2.17. The monoisotopic (exact) mass is 241 g/mol.